The lowest BCUT2D eigenvalue weighted by Gasteiger charge is -2.38. The minimum atomic E-state index is 0.241. The van der Waals surface area contributed by atoms with Gasteiger partial charge in [0.1, 0.15) is 0 Å². The molecule has 0 atom stereocenters. The zero-order valence-corrected chi connectivity index (χ0v) is 16.0. The zero-order valence-electron chi connectivity index (χ0n) is 16.0. The SMILES string of the molecule is O=C(CN1CCN(c2c3c(cc4c2CCC4)CCC3)CC1)c1ccccc1. The Morgan fingerprint density at radius 2 is 1.44 bits per heavy atom. The van der Waals surface area contributed by atoms with E-state index in [2.05, 4.69) is 15.9 Å². The van der Waals surface area contributed by atoms with Gasteiger partial charge in [0.05, 0.1) is 6.54 Å². The second-order valence-corrected chi connectivity index (χ2v) is 8.26. The predicted octanol–water partition coefficient (Wildman–Crippen LogP) is 3.67. The quantitative estimate of drug-likeness (QED) is 0.778. The number of rotatable bonds is 4. The topological polar surface area (TPSA) is 23.6 Å². The van der Waals surface area contributed by atoms with Crippen molar-refractivity contribution in [2.75, 3.05) is 37.6 Å². The highest BCUT2D eigenvalue weighted by Crippen LogP contribution is 2.40. The average Bonchev–Trinajstić information content (AvgIpc) is 3.36. The number of ketones is 1. The van der Waals surface area contributed by atoms with Gasteiger partial charge in [-0.2, -0.15) is 0 Å². The molecule has 0 radical (unpaired) electrons. The van der Waals surface area contributed by atoms with Crippen LogP contribution in [0.5, 0.6) is 0 Å². The van der Waals surface area contributed by atoms with E-state index in [0.717, 1.165) is 31.7 Å². The van der Waals surface area contributed by atoms with Gasteiger partial charge in [0.25, 0.3) is 0 Å². The third kappa shape index (κ3) is 3.19. The summed E-state index contributed by atoms with van der Waals surface area (Å²) in [6.45, 7) is 4.60. The monoisotopic (exact) mass is 360 g/mol. The number of benzene rings is 2. The molecule has 1 heterocycles. The van der Waals surface area contributed by atoms with Gasteiger partial charge in [-0.3, -0.25) is 9.69 Å². The van der Waals surface area contributed by atoms with Crippen LogP contribution in [0.2, 0.25) is 0 Å². The summed E-state index contributed by atoms with van der Waals surface area (Å²) in [5.41, 5.74) is 8.94. The van der Waals surface area contributed by atoms with Crippen LogP contribution >= 0.6 is 0 Å². The lowest BCUT2D eigenvalue weighted by atomic mass is 9.97. The molecule has 2 aromatic carbocycles. The van der Waals surface area contributed by atoms with Crippen molar-refractivity contribution in [3.63, 3.8) is 0 Å². The first-order chi connectivity index (χ1) is 13.3. The smallest absolute Gasteiger partial charge is 0.176 e. The van der Waals surface area contributed by atoms with Gasteiger partial charge >= 0.3 is 0 Å². The Morgan fingerprint density at radius 3 is 2.07 bits per heavy atom. The van der Waals surface area contributed by atoms with E-state index in [4.69, 9.17) is 0 Å². The van der Waals surface area contributed by atoms with E-state index in [1.807, 2.05) is 30.3 Å². The normalized spacial score (nSPS) is 19.2. The Hall–Kier alpha value is -2.13. The van der Waals surface area contributed by atoms with Gasteiger partial charge in [0, 0.05) is 37.4 Å². The minimum Gasteiger partial charge on any atom is -0.369 e. The van der Waals surface area contributed by atoms with E-state index in [-0.39, 0.29) is 5.78 Å². The first kappa shape index (κ1) is 17.0. The van der Waals surface area contributed by atoms with Crippen molar-refractivity contribution in [1.29, 1.82) is 0 Å². The summed E-state index contributed by atoms with van der Waals surface area (Å²) in [5.74, 6) is 0.241. The Labute approximate surface area is 162 Å². The lowest BCUT2D eigenvalue weighted by Crippen LogP contribution is -2.48. The first-order valence-electron chi connectivity index (χ1n) is 10.5. The van der Waals surface area contributed by atoms with Crippen molar-refractivity contribution >= 4 is 11.5 Å². The van der Waals surface area contributed by atoms with Crippen molar-refractivity contribution in [3.8, 4) is 0 Å². The van der Waals surface area contributed by atoms with Crippen LogP contribution in [0.3, 0.4) is 0 Å². The van der Waals surface area contributed by atoms with Crippen molar-refractivity contribution in [2.24, 2.45) is 0 Å². The molecule has 140 valence electrons. The minimum absolute atomic E-state index is 0.241. The molecule has 1 saturated heterocycles. The fourth-order valence-corrected chi connectivity index (χ4v) is 5.22. The number of carbonyl (C=O) groups excluding carboxylic acids is 1. The van der Waals surface area contributed by atoms with Crippen molar-refractivity contribution in [3.05, 3.63) is 64.2 Å². The average molecular weight is 361 g/mol. The molecule has 0 bridgehead atoms. The fourth-order valence-electron chi connectivity index (χ4n) is 5.22. The Balaban J connectivity index is 1.30. The van der Waals surface area contributed by atoms with Gasteiger partial charge in [-0.15, -0.1) is 0 Å². The number of carbonyl (C=O) groups is 1. The highest BCUT2D eigenvalue weighted by Gasteiger charge is 2.29. The van der Waals surface area contributed by atoms with Crippen LogP contribution in [0.15, 0.2) is 36.4 Å². The zero-order chi connectivity index (χ0) is 18.2. The van der Waals surface area contributed by atoms with Crippen LogP contribution in [0.4, 0.5) is 5.69 Å². The Kier molecular flexibility index (Phi) is 4.48. The van der Waals surface area contributed by atoms with Gasteiger partial charge in [-0.25, -0.2) is 0 Å². The second kappa shape index (κ2) is 7.12. The molecule has 0 N–H and O–H groups in total. The second-order valence-electron chi connectivity index (χ2n) is 8.26. The van der Waals surface area contributed by atoms with E-state index in [1.165, 1.54) is 38.5 Å². The molecule has 0 unspecified atom stereocenters. The molecule has 3 nitrogen and oxygen atoms in total. The maximum atomic E-state index is 12.5. The number of hydrogen-bond acceptors (Lipinski definition) is 3. The highest BCUT2D eigenvalue weighted by atomic mass is 16.1. The molecule has 0 spiro atoms. The summed E-state index contributed by atoms with van der Waals surface area (Å²) >= 11 is 0. The van der Waals surface area contributed by atoms with Crippen LogP contribution in [0.1, 0.15) is 45.5 Å². The van der Waals surface area contributed by atoms with Gasteiger partial charge in [0.2, 0.25) is 0 Å². The molecule has 5 rings (SSSR count). The van der Waals surface area contributed by atoms with Crippen LogP contribution < -0.4 is 4.90 Å². The third-order valence-corrected chi connectivity index (χ3v) is 6.59. The maximum Gasteiger partial charge on any atom is 0.176 e. The van der Waals surface area contributed by atoms with Gasteiger partial charge in [-0.1, -0.05) is 36.4 Å². The van der Waals surface area contributed by atoms with Crippen LogP contribution in [-0.4, -0.2) is 43.4 Å². The summed E-state index contributed by atoms with van der Waals surface area (Å²) in [6, 6.07) is 12.2. The van der Waals surface area contributed by atoms with E-state index in [9.17, 15) is 4.79 Å². The molecule has 2 aromatic rings. The molecule has 1 aliphatic heterocycles. The Morgan fingerprint density at radius 1 is 0.815 bits per heavy atom. The van der Waals surface area contributed by atoms with Gasteiger partial charge in [-0.05, 0) is 60.8 Å². The summed E-state index contributed by atoms with van der Waals surface area (Å²) in [6.07, 6.45) is 7.67. The molecule has 0 aromatic heterocycles. The van der Waals surface area contributed by atoms with E-state index >= 15 is 0 Å². The largest absolute Gasteiger partial charge is 0.369 e. The summed E-state index contributed by atoms with van der Waals surface area (Å²) in [5, 5.41) is 0. The standard InChI is InChI=1S/C24H28N2O/c27-23(18-6-2-1-3-7-18)17-25-12-14-26(15-13-25)24-21-10-4-8-19(21)16-20-9-5-11-22(20)24/h1-3,6-7,16H,4-5,8-15,17H2. The van der Waals surface area contributed by atoms with Crippen LogP contribution in [-0.2, 0) is 25.7 Å². The number of nitrogens with zero attached hydrogens (tertiary/aromatic N) is 2. The number of anilines is 1. The van der Waals surface area contributed by atoms with Crippen LogP contribution in [0.25, 0.3) is 0 Å². The molecule has 0 saturated carbocycles. The molecular weight excluding hydrogens is 332 g/mol. The summed E-state index contributed by atoms with van der Waals surface area (Å²) in [7, 11) is 0. The lowest BCUT2D eigenvalue weighted by molar-refractivity contribution is 0.0926. The highest BCUT2D eigenvalue weighted by molar-refractivity contribution is 5.97. The number of fused-ring (bicyclic) bond motifs is 2. The maximum absolute atomic E-state index is 12.5. The molecule has 27 heavy (non-hydrogen) atoms. The number of Topliss-reactive ketones (excluding diaryl/α,β-unsaturated/α-hetero) is 1. The van der Waals surface area contributed by atoms with Crippen molar-refractivity contribution < 1.29 is 4.79 Å². The molecular formula is C24H28N2O. The number of hydrogen-bond donors (Lipinski definition) is 0. The molecule has 1 fully saturated rings. The Bertz CT molecular complexity index is 818. The van der Waals surface area contributed by atoms with E-state index < -0.39 is 0 Å². The number of aryl methyl sites for hydroxylation is 2. The fraction of sp³-hybridized carbons (Fsp3) is 0.458. The van der Waals surface area contributed by atoms with Crippen LogP contribution in [0, 0.1) is 0 Å². The molecule has 2 aliphatic carbocycles. The van der Waals surface area contributed by atoms with Crippen molar-refractivity contribution in [1.82, 2.24) is 4.90 Å². The summed E-state index contributed by atoms with van der Waals surface area (Å²) in [4.78, 5) is 17.5. The molecule has 3 aliphatic rings. The number of piperazine rings is 1. The molecule has 0 amide bonds. The van der Waals surface area contributed by atoms with Gasteiger partial charge in [0.15, 0.2) is 5.78 Å². The predicted molar refractivity (Wildman–Crippen MR) is 110 cm³/mol. The summed E-state index contributed by atoms with van der Waals surface area (Å²) < 4.78 is 0. The van der Waals surface area contributed by atoms with E-state index in [1.54, 1.807) is 27.9 Å². The van der Waals surface area contributed by atoms with E-state index in [0.29, 0.717) is 6.54 Å². The third-order valence-electron chi connectivity index (χ3n) is 6.59. The molecule has 3 heteroatoms. The first-order valence-corrected chi connectivity index (χ1v) is 10.5. The van der Waals surface area contributed by atoms with Gasteiger partial charge < -0.3 is 4.90 Å². The van der Waals surface area contributed by atoms with Crippen molar-refractivity contribution in [2.45, 2.75) is 38.5 Å².